The van der Waals surface area contributed by atoms with Crippen molar-refractivity contribution in [1.82, 2.24) is 15.0 Å². The highest BCUT2D eigenvalue weighted by Crippen LogP contribution is 2.40. The molecule has 142 valence electrons. The maximum absolute atomic E-state index is 12.3. The average molecular weight is 379 g/mol. The van der Waals surface area contributed by atoms with Crippen molar-refractivity contribution < 1.29 is 4.79 Å². The monoisotopic (exact) mass is 379 g/mol. The first kappa shape index (κ1) is 17.7. The normalized spacial score (nSPS) is 13.6. The molecule has 0 bridgehead atoms. The van der Waals surface area contributed by atoms with Crippen LogP contribution in [0.1, 0.15) is 52.9 Å². The maximum atomic E-state index is 12.3. The molecule has 29 heavy (non-hydrogen) atoms. The van der Waals surface area contributed by atoms with Crippen molar-refractivity contribution >= 4 is 16.7 Å². The summed E-state index contributed by atoms with van der Waals surface area (Å²) in [5.74, 6) is 0.642. The third kappa shape index (κ3) is 3.42. The Kier molecular flexibility index (Phi) is 4.39. The van der Waals surface area contributed by atoms with Gasteiger partial charge in [0.1, 0.15) is 6.33 Å². The lowest BCUT2D eigenvalue weighted by molar-refractivity contribution is 0.101. The van der Waals surface area contributed by atoms with Gasteiger partial charge in [0.25, 0.3) is 0 Å². The van der Waals surface area contributed by atoms with E-state index in [2.05, 4.69) is 39.2 Å². The van der Waals surface area contributed by atoms with Crippen LogP contribution in [-0.2, 0) is 6.42 Å². The van der Waals surface area contributed by atoms with E-state index in [-0.39, 0.29) is 5.78 Å². The van der Waals surface area contributed by atoms with Gasteiger partial charge in [-0.15, -0.1) is 0 Å². The van der Waals surface area contributed by atoms with E-state index < -0.39 is 0 Å². The lowest BCUT2D eigenvalue weighted by Crippen LogP contribution is -2.06. The average Bonchev–Trinajstić information content (AvgIpc) is 3.60. The van der Waals surface area contributed by atoms with E-state index in [0.29, 0.717) is 12.3 Å². The number of hydrogen-bond donors (Lipinski definition) is 0. The lowest BCUT2D eigenvalue weighted by Gasteiger charge is -2.12. The molecular formula is C25H21N3O. The second kappa shape index (κ2) is 7.21. The molecule has 0 amide bonds. The molecule has 1 fully saturated rings. The van der Waals surface area contributed by atoms with Gasteiger partial charge >= 0.3 is 0 Å². The molecule has 4 nitrogen and oxygen atoms in total. The SMILES string of the molecule is CC(=O)c1cc(C2CC2)cnc1Cc1cccc2c(-c3ccccc3)ncnc12. The first-order chi connectivity index (χ1) is 14.2. The zero-order valence-corrected chi connectivity index (χ0v) is 16.3. The van der Waals surface area contributed by atoms with Crippen LogP contribution in [-0.4, -0.2) is 20.7 Å². The van der Waals surface area contributed by atoms with E-state index in [0.717, 1.165) is 39.0 Å². The molecule has 4 aromatic rings. The Bertz CT molecular complexity index is 1210. The Labute approximate surface area is 169 Å². The Morgan fingerprint density at radius 1 is 1.00 bits per heavy atom. The molecule has 2 aromatic carbocycles. The number of pyridine rings is 1. The molecule has 0 unspecified atom stereocenters. The Morgan fingerprint density at radius 2 is 1.83 bits per heavy atom. The van der Waals surface area contributed by atoms with Gasteiger partial charge in [-0.2, -0.15) is 0 Å². The first-order valence-corrected chi connectivity index (χ1v) is 9.98. The third-order valence-corrected chi connectivity index (χ3v) is 5.57. The molecule has 0 N–H and O–H groups in total. The minimum Gasteiger partial charge on any atom is -0.294 e. The molecule has 1 aliphatic rings. The van der Waals surface area contributed by atoms with E-state index >= 15 is 0 Å². The zero-order valence-electron chi connectivity index (χ0n) is 16.3. The summed E-state index contributed by atoms with van der Waals surface area (Å²) in [5.41, 5.74) is 6.67. The predicted molar refractivity (Wildman–Crippen MR) is 114 cm³/mol. The molecule has 0 aliphatic heterocycles. The molecule has 1 aliphatic carbocycles. The molecule has 2 heterocycles. The van der Waals surface area contributed by atoms with Gasteiger partial charge in [-0.1, -0.05) is 48.5 Å². The highest BCUT2D eigenvalue weighted by atomic mass is 16.1. The molecule has 0 atom stereocenters. The summed E-state index contributed by atoms with van der Waals surface area (Å²) >= 11 is 0. The van der Waals surface area contributed by atoms with Gasteiger partial charge in [0.15, 0.2) is 5.78 Å². The fourth-order valence-electron chi connectivity index (χ4n) is 3.89. The summed E-state index contributed by atoms with van der Waals surface area (Å²) in [5, 5.41) is 1.01. The molecule has 5 rings (SSSR count). The number of rotatable bonds is 5. The second-order valence-electron chi connectivity index (χ2n) is 7.67. The number of fused-ring (bicyclic) bond motifs is 1. The van der Waals surface area contributed by atoms with Crippen LogP contribution < -0.4 is 0 Å². The van der Waals surface area contributed by atoms with Crippen molar-refractivity contribution in [2.45, 2.75) is 32.1 Å². The highest BCUT2D eigenvalue weighted by molar-refractivity contribution is 5.96. The lowest BCUT2D eigenvalue weighted by atomic mass is 9.97. The van der Waals surface area contributed by atoms with Crippen molar-refractivity contribution in [3.05, 3.63) is 89.5 Å². The van der Waals surface area contributed by atoms with Gasteiger partial charge in [-0.3, -0.25) is 9.78 Å². The summed E-state index contributed by atoms with van der Waals surface area (Å²) in [6.45, 7) is 1.62. The largest absolute Gasteiger partial charge is 0.294 e. The number of nitrogens with zero attached hydrogens (tertiary/aromatic N) is 3. The van der Waals surface area contributed by atoms with Gasteiger partial charge in [-0.25, -0.2) is 9.97 Å². The number of carbonyl (C=O) groups excluding carboxylic acids is 1. The summed E-state index contributed by atoms with van der Waals surface area (Å²) in [4.78, 5) is 26.1. The van der Waals surface area contributed by atoms with Crippen molar-refractivity contribution in [3.8, 4) is 11.3 Å². The van der Waals surface area contributed by atoms with Crippen molar-refractivity contribution in [1.29, 1.82) is 0 Å². The Balaban J connectivity index is 1.59. The standard InChI is InChI=1S/C25H21N3O/c1-16(29)22-12-20(17-10-11-17)14-26-23(22)13-19-8-5-9-21-24(27-15-28-25(19)21)18-6-3-2-4-7-18/h2-9,12,14-15,17H,10-11,13H2,1H3. The molecule has 4 heteroatoms. The van der Waals surface area contributed by atoms with Crippen LogP contribution in [0.25, 0.3) is 22.2 Å². The number of aromatic nitrogens is 3. The van der Waals surface area contributed by atoms with Crippen LogP contribution in [0.4, 0.5) is 0 Å². The first-order valence-electron chi connectivity index (χ1n) is 9.98. The number of Topliss-reactive ketones (excluding diaryl/α,β-unsaturated/α-hetero) is 1. The number of benzene rings is 2. The summed E-state index contributed by atoms with van der Waals surface area (Å²) < 4.78 is 0. The third-order valence-electron chi connectivity index (χ3n) is 5.57. The zero-order chi connectivity index (χ0) is 19.8. The van der Waals surface area contributed by atoms with Crippen LogP contribution in [0.3, 0.4) is 0 Å². The highest BCUT2D eigenvalue weighted by Gasteiger charge is 2.25. The van der Waals surface area contributed by atoms with Gasteiger partial charge in [0.05, 0.1) is 16.9 Å². The van der Waals surface area contributed by atoms with Crippen LogP contribution in [0, 0.1) is 0 Å². The fourth-order valence-corrected chi connectivity index (χ4v) is 3.89. The van der Waals surface area contributed by atoms with Crippen molar-refractivity contribution in [3.63, 3.8) is 0 Å². The summed E-state index contributed by atoms with van der Waals surface area (Å²) in [6, 6.07) is 18.3. The summed E-state index contributed by atoms with van der Waals surface area (Å²) in [6.07, 6.45) is 6.52. The quantitative estimate of drug-likeness (QED) is 0.438. The summed E-state index contributed by atoms with van der Waals surface area (Å²) in [7, 11) is 0. The Hall–Kier alpha value is -3.40. The van der Waals surface area contributed by atoms with E-state index in [9.17, 15) is 4.79 Å². The van der Waals surface area contributed by atoms with Crippen molar-refractivity contribution in [2.75, 3.05) is 0 Å². The van der Waals surface area contributed by atoms with Crippen LogP contribution in [0.5, 0.6) is 0 Å². The van der Waals surface area contributed by atoms with Crippen LogP contribution in [0.2, 0.25) is 0 Å². The molecule has 1 saturated carbocycles. The van der Waals surface area contributed by atoms with Gasteiger partial charge in [0, 0.05) is 29.1 Å². The van der Waals surface area contributed by atoms with E-state index in [1.165, 1.54) is 18.4 Å². The molecule has 0 radical (unpaired) electrons. The van der Waals surface area contributed by atoms with E-state index in [4.69, 9.17) is 0 Å². The van der Waals surface area contributed by atoms with E-state index in [1.807, 2.05) is 36.5 Å². The van der Waals surface area contributed by atoms with Crippen molar-refractivity contribution in [2.24, 2.45) is 0 Å². The van der Waals surface area contributed by atoms with Gasteiger partial charge in [0.2, 0.25) is 0 Å². The molecule has 0 spiro atoms. The van der Waals surface area contributed by atoms with E-state index in [1.54, 1.807) is 13.3 Å². The minimum atomic E-state index is 0.0647. The molecule has 2 aromatic heterocycles. The number of carbonyl (C=O) groups is 1. The van der Waals surface area contributed by atoms with Gasteiger partial charge in [-0.05, 0) is 42.9 Å². The molecular weight excluding hydrogens is 358 g/mol. The number of ketones is 1. The van der Waals surface area contributed by atoms with Crippen LogP contribution >= 0.6 is 0 Å². The molecule has 0 saturated heterocycles. The van der Waals surface area contributed by atoms with Gasteiger partial charge < -0.3 is 0 Å². The second-order valence-corrected chi connectivity index (χ2v) is 7.67. The Morgan fingerprint density at radius 3 is 2.59 bits per heavy atom. The fraction of sp³-hybridized carbons (Fsp3) is 0.200. The topological polar surface area (TPSA) is 55.7 Å². The minimum absolute atomic E-state index is 0.0647. The number of hydrogen-bond acceptors (Lipinski definition) is 4. The smallest absolute Gasteiger partial charge is 0.161 e. The van der Waals surface area contributed by atoms with Crippen LogP contribution in [0.15, 0.2) is 67.1 Å². The number of para-hydroxylation sites is 1. The predicted octanol–water partition coefficient (Wildman–Crippen LogP) is 5.36. The maximum Gasteiger partial charge on any atom is 0.161 e.